The number of Topliss-reactive ketones (excluding diaryl/α,β-unsaturated/α-hetero) is 1. The average Bonchev–Trinajstić information content (AvgIpc) is 2.86. The summed E-state index contributed by atoms with van der Waals surface area (Å²) in [6.45, 7) is 3.15. The Morgan fingerprint density at radius 1 is 1.05 bits per heavy atom. The fourth-order valence-corrected chi connectivity index (χ4v) is 2.59. The summed E-state index contributed by atoms with van der Waals surface area (Å²) in [7, 11) is 0. The van der Waals surface area contributed by atoms with Crippen LogP contribution >= 0.6 is 0 Å². The van der Waals surface area contributed by atoms with Gasteiger partial charge in [0.05, 0.1) is 12.2 Å². The van der Waals surface area contributed by atoms with Crippen LogP contribution in [0.15, 0.2) is 18.2 Å². The molecule has 0 saturated carbocycles. The highest BCUT2D eigenvalue weighted by atomic mass is 16.5. The molecule has 0 N–H and O–H groups in total. The lowest BCUT2D eigenvalue weighted by atomic mass is 10.1. The van der Waals surface area contributed by atoms with Crippen molar-refractivity contribution in [2.24, 2.45) is 0 Å². The third kappa shape index (κ3) is 5.07. The van der Waals surface area contributed by atoms with Gasteiger partial charge in [0.15, 0.2) is 6.61 Å². The zero-order valence-corrected chi connectivity index (χ0v) is 13.0. The van der Waals surface area contributed by atoms with Gasteiger partial charge in [0, 0.05) is 6.07 Å². The first kappa shape index (κ1) is 15.9. The van der Waals surface area contributed by atoms with Crippen LogP contribution in [-0.4, -0.2) is 19.0 Å². The van der Waals surface area contributed by atoms with Gasteiger partial charge in [-0.1, -0.05) is 51.9 Å². The fourth-order valence-electron chi connectivity index (χ4n) is 2.59. The van der Waals surface area contributed by atoms with Gasteiger partial charge in [0.1, 0.15) is 11.5 Å². The molecule has 0 atom stereocenters. The minimum atomic E-state index is 0.0552. The first-order valence-corrected chi connectivity index (χ1v) is 8.24. The summed E-state index contributed by atoms with van der Waals surface area (Å²) >= 11 is 0. The van der Waals surface area contributed by atoms with Crippen molar-refractivity contribution >= 4 is 5.78 Å². The van der Waals surface area contributed by atoms with Crippen molar-refractivity contribution in [3.8, 4) is 11.5 Å². The second-order valence-electron chi connectivity index (χ2n) is 5.69. The van der Waals surface area contributed by atoms with Gasteiger partial charge in [-0.25, -0.2) is 0 Å². The van der Waals surface area contributed by atoms with E-state index in [2.05, 4.69) is 6.92 Å². The normalized spacial score (nSPS) is 13.1. The van der Waals surface area contributed by atoms with Crippen molar-refractivity contribution in [1.29, 1.82) is 0 Å². The van der Waals surface area contributed by atoms with E-state index in [1.807, 2.05) is 12.1 Å². The standard InChI is InChI=1S/C18H26O3/c1-2-3-4-5-6-7-8-9-12-20-15-10-11-16-17(19)14-21-18(16)13-15/h10-11,13H,2-9,12,14H2,1H3. The van der Waals surface area contributed by atoms with Crippen LogP contribution in [0.3, 0.4) is 0 Å². The SMILES string of the molecule is CCCCCCCCCCOc1ccc2c(c1)OCC2=O. The maximum Gasteiger partial charge on any atom is 0.203 e. The van der Waals surface area contributed by atoms with E-state index >= 15 is 0 Å². The van der Waals surface area contributed by atoms with Gasteiger partial charge in [-0.15, -0.1) is 0 Å². The number of hydrogen-bond acceptors (Lipinski definition) is 3. The molecule has 0 aliphatic carbocycles. The monoisotopic (exact) mass is 290 g/mol. The highest BCUT2D eigenvalue weighted by Gasteiger charge is 2.21. The second kappa shape index (κ2) is 8.71. The van der Waals surface area contributed by atoms with E-state index in [4.69, 9.17) is 9.47 Å². The third-order valence-corrected chi connectivity index (χ3v) is 3.88. The largest absolute Gasteiger partial charge is 0.493 e. The summed E-state index contributed by atoms with van der Waals surface area (Å²) in [5.74, 6) is 1.51. The second-order valence-corrected chi connectivity index (χ2v) is 5.69. The van der Waals surface area contributed by atoms with E-state index in [1.165, 1.54) is 44.9 Å². The lowest BCUT2D eigenvalue weighted by Crippen LogP contribution is -1.98. The molecule has 0 aromatic heterocycles. The Morgan fingerprint density at radius 2 is 1.76 bits per heavy atom. The topological polar surface area (TPSA) is 35.5 Å². The van der Waals surface area contributed by atoms with Crippen LogP contribution in [0.2, 0.25) is 0 Å². The summed E-state index contributed by atoms with van der Waals surface area (Å²) in [4.78, 5) is 11.4. The number of unbranched alkanes of at least 4 members (excludes halogenated alkanes) is 7. The van der Waals surface area contributed by atoms with Crippen LogP contribution in [0.5, 0.6) is 11.5 Å². The summed E-state index contributed by atoms with van der Waals surface area (Å²) in [5, 5.41) is 0. The maximum atomic E-state index is 11.4. The lowest BCUT2D eigenvalue weighted by Gasteiger charge is -2.07. The molecule has 1 aliphatic heterocycles. The molecule has 1 aliphatic rings. The highest BCUT2D eigenvalue weighted by Crippen LogP contribution is 2.29. The number of fused-ring (bicyclic) bond motifs is 1. The van der Waals surface area contributed by atoms with Crippen LogP contribution in [0.1, 0.15) is 68.6 Å². The zero-order chi connectivity index (χ0) is 14.9. The van der Waals surface area contributed by atoms with Gasteiger partial charge in [0.25, 0.3) is 0 Å². The Hall–Kier alpha value is -1.51. The molecule has 116 valence electrons. The molecule has 0 radical (unpaired) electrons. The van der Waals surface area contributed by atoms with Crippen LogP contribution in [0.25, 0.3) is 0 Å². The van der Waals surface area contributed by atoms with Crippen molar-refractivity contribution in [3.05, 3.63) is 23.8 Å². The Kier molecular flexibility index (Phi) is 6.58. The van der Waals surface area contributed by atoms with Gasteiger partial charge < -0.3 is 9.47 Å². The summed E-state index contributed by atoms with van der Waals surface area (Å²) in [5.41, 5.74) is 0.675. The number of carbonyl (C=O) groups is 1. The van der Waals surface area contributed by atoms with E-state index in [-0.39, 0.29) is 12.4 Å². The molecule has 0 fully saturated rings. The van der Waals surface area contributed by atoms with Gasteiger partial charge in [-0.05, 0) is 18.6 Å². The number of hydrogen-bond donors (Lipinski definition) is 0. The van der Waals surface area contributed by atoms with Crippen LogP contribution < -0.4 is 9.47 Å². The minimum absolute atomic E-state index is 0.0552. The van der Waals surface area contributed by atoms with Gasteiger partial charge in [-0.3, -0.25) is 4.79 Å². The number of ether oxygens (including phenoxy) is 2. The molecule has 2 rings (SSSR count). The molecule has 0 amide bonds. The Balaban J connectivity index is 1.56. The van der Waals surface area contributed by atoms with Crippen molar-refractivity contribution in [2.75, 3.05) is 13.2 Å². The quantitative estimate of drug-likeness (QED) is 0.582. The number of carbonyl (C=O) groups excluding carboxylic acids is 1. The lowest BCUT2D eigenvalue weighted by molar-refractivity contribution is 0.0961. The van der Waals surface area contributed by atoms with Crippen molar-refractivity contribution < 1.29 is 14.3 Å². The van der Waals surface area contributed by atoms with Gasteiger partial charge >= 0.3 is 0 Å². The average molecular weight is 290 g/mol. The Morgan fingerprint density at radius 3 is 2.52 bits per heavy atom. The third-order valence-electron chi connectivity index (χ3n) is 3.88. The van der Waals surface area contributed by atoms with Crippen molar-refractivity contribution in [2.45, 2.75) is 58.3 Å². The molecular weight excluding hydrogens is 264 g/mol. The molecule has 0 bridgehead atoms. The molecule has 0 spiro atoms. The van der Waals surface area contributed by atoms with E-state index < -0.39 is 0 Å². The molecule has 1 heterocycles. The first-order chi connectivity index (χ1) is 10.3. The van der Waals surface area contributed by atoms with Gasteiger partial charge in [0.2, 0.25) is 5.78 Å². The van der Waals surface area contributed by atoms with Crippen LogP contribution in [0.4, 0.5) is 0 Å². The predicted octanol–water partition coefficient (Wildman–Crippen LogP) is 4.78. The van der Waals surface area contributed by atoms with E-state index in [1.54, 1.807) is 6.07 Å². The number of benzene rings is 1. The molecule has 0 unspecified atom stereocenters. The molecule has 21 heavy (non-hydrogen) atoms. The predicted molar refractivity (Wildman–Crippen MR) is 84.4 cm³/mol. The molecule has 0 saturated heterocycles. The maximum absolute atomic E-state index is 11.4. The zero-order valence-electron chi connectivity index (χ0n) is 13.0. The van der Waals surface area contributed by atoms with Crippen LogP contribution in [-0.2, 0) is 0 Å². The smallest absolute Gasteiger partial charge is 0.203 e. The summed E-state index contributed by atoms with van der Waals surface area (Å²) < 4.78 is 11.0. The molecule has 1 aromatic rings. The van der Waals surface area contributed by atoms with E-state index in [0.717, 1.165) is 18.8 Å². The molecular formula is C18H26O3. The van der Waals surface area contributed by atoms with E-state index in [9.17, 15) is 4.79 Å². The number of rotatable bonds is 10. The Labute approximate surface area is 127 Å². The summed E-state index contributed by atoms with van der Waals surface area (Å²) in [6.07, 6.45) is 10.4. The molecule has 3 heteroatoms. The van der Waals surface area contributed by atoms with Crippen molar-refractivity contribution in [1.82, 2.24) is 0 Å². The Bertz CT molecular complexity index is 454. The van der Waals surface area contributed by atoms with Crippen LogP contribution in [0, 0.1) is 0 Å². The summed E-state index contributed by atoms with van der Waals surface area (Å²) in [6, 6.07) is 5.48. The van der Waals surface area contributed by atoms with E-state index in [0.29, 0.717) is 11.3 Å². The van der Waals surface area contributed by atoms with Crippen molar-refractivity contribution in [3.63, 3.8) is 0 Å². The first-order valence-electron chi connectivity index (χ1n) is 8.24. The fraction of sp³-hybridized carbons (Fsp3) is 0.611. The van der Waals surface area contributed by atoms with Gasteiger partial charge in [-0.2, -0.15) is 0 Å². The molecule has 1 aromatic carbocycles. The number of ketones is 1. The highest BCUT2D eigenvalue weighted by molar-refractivity contribution is 6.02. The molecule has 3 nitrogen and oxygen atoms in total. The minimum Gasteiger partial charge on any atom is -0.493 e.